The van der Waals surface area contributed by atoms with Gasteiger partial charge in [-0.15, -0.1) is 0 Å². The monoisotopic (exact) mass is 263 g/mol. The number of benzene rings is 1. The van der Waals surface area contributed by atoms with Gasteiger partial charge in [0.05, 0.1) is 12.6 Å². The van der Waals surface area contributed by atoms with Crippen LogP contribution in [0, 0.1) is 0 Å². The molecule has 1 fully saturated rings. The molecule has 1 heterocycles. The summed E-state index contributed by atoms with van der Waals surface area (Å²) in [6.45, 7) is 6.48. The van der Waals surface area contributed by atoms with Crippen LogP contribution in [-0.4, -0.2) is 36.0 Å². The lowest BCUT2D eigenvalue weighted by atomic mass is 10.1. The molecule has 0 spiro atoms. The maximum Gasteiger partial charge on any atom is 0.412 e. The number of hydrogen-bond donors (Lipinski definition) is 0. The summed E-state index contributed by atoms with van der Waals surface area (Å²) in [5, 5.41) is 0. The smallest absolute Gasteiger partial charge is 0.412 e. The molecule has 1 aliphatic rings. The van der Waals surface area contributed by atoms with Crippen LogP contribution in [0.15, 0.2) is 30.3 Å². The molecule has 0 unspecified atom stereocenters. The average molecular weight is 263 g/mol. The minimum absolute atomic E-state index is 0.0530. The van der Waals surface area contributed by atoms with Gasteiger partial charge in [-0.1, -0.05) is 30.3 Å². The first-order valence-electron chi connectivity index (χ1n) is 6.57. The van der Waals surface area contributed by atoms with Gasteiger partial charge >= 0.3 is 6.09 Å². The number of carbonyl (C=O) groups excluding carboxylic acids is 1. The minimum Gasteiger partial charge on any atom is -0.444 e. The van der Waals surface area contributed by atoms with Crippen LogP contribution in [-0.2, 0) is 15.9 Å². The van der Waals surface area contributed by atoms with E-state index >= 15 is 0 Å². The summed E-state index contributed by atoms with van der Waals surface area (Å²) in [7, 11) is 0. The zero-order valence-corrected chi connectivity index (χ0v) is 11.8. The van der Waals surface area contributed by atoms with Crippen molar-refractivity contribution in [1.82, 2.24) is 4.90 Å². The van der Waals surface area contributed by atoms with Crippen LogP contribution in [0.2, 0.25) is 0 Å². The maximum absolute atomic E-state index is 12.1. The standard InChI is InChI=1S/C15H21NO3/c1-15(2,3)19-14(17)16-11-18-10-13(16)9-12-7-5-4-6-8-12/h4-8,13H,9-11H2,1-3H3/t13-/m0/s1. The van der Waals surface area contributed by atoms with E-state index in [0.29, 0.717) is 13.3 Å². The molecule has 0 bridgehead atoms. The van der Waals surface area contributed by atoms with Crippen molar-refractivity contribution in [2.24, 2.45) is 0 Å². The predicted octanol–water partition coefficient (Wildman–Crippen LogP) is 2.82. The molecule has 4 nitrogen and oxygen atoms in total. The predicted molar refractivity (Wildman–Crippen MR) is 72.8 cm³/mol. The molecule has 1 aromatic rings. The molecule has 1 atom stereocenters. The topological polar surface area (TPSA) is 38.8 Å². The number of nitrogens with zero attached hydrogens (tertiary/aromatic N) is 1. The Morgan fingerprint density at radius 2 is 2.05 bits per heavy atom. The third-order valence-corrected chi connectivity index (χ3v) is 2.92. The van der Waals surface area contributed by atoms with Crippen molar-refractivity contribution in [1.29, 1.82) is 0 Å². The summed E-state index contributed by atoms with van der Waals surface area (Å²) in [6.07, 6.45) is 0.492. The highest BCUT2D eigenvalue weighted by Gasteiger charge is 2.32. The van der Waals surface area contributed by atoms with E-state index in [1.54, 1.807) is 4.90 Å². The van der Waals surface area contributed by atoms with Gasteiger partial charge in [-0.3, -0.25) is 4.90 Å². The Hall–Kier alpha value is -1.55. The zero-order valence-electron chi connectivity index (χ0n) is 11.8. The quantitative estimate of drug-likeness (QED) is 0.823. The number of ether oxygens (including phenoxy) is 2. The first kappa shape index (κ1) is 13.9. The molecule has 0 N–H and O–H groups in total. The molecule has 2 rings (SSSR count). The van der Waals surface area contributed by atoms with Crippen molar-refractivity contribution >= 4 is 6.09 Å². The van der Waals surface area contributed by atoms with Crippen molar-refractivity contribution in [3.8, 4) is 0 Å². The fourth-order valence-electron chi connectivity index (χ4n) is 2.06. The van der Waals surface area contributed by atoms with E-state index in [0.717, 1.165) is 6.42 Å². The molecule has 0 radical (unpaired) electrons. The second kappa shape index (κ2) is 5.61. The van der Waals surface area contributed by atoms with E-state index in [1.165, 1.54) is 5.56 Å². The molecule has 104 valence electrons. The van der Waals surface area contributed by atoms with Gasteiger partial charge < -0.3 is 9.47 Å². The molecule has 1 amide bonds. The maximum atomic E-state index is 12.1. The van der Waals surface area contributed by atoms with Crippen LogP contribution < -0.4 is 0 Å². The minimum atomic E-state index is -0.475. The average Bonchev–Trinajstić information content (AvgIpc) is 2.76. The van der Waals surface area contributed by atoms with Gasteiger partial charge in [-0.2, -0.15) is 0 Å². The largest absolute Gasteiger partial charge is 0.444 e. The summed E-state index contributed by atoms with van der Waals surface area (Å²) in [4.78, 5) is 13.8. The second-order valence-corrected chi connectivity index (χ2v) is 5.79. The highest BCUT2D eigenvalue weighted by atomic mass is 16.6. The molecule has 1 aliphatic heterocycles. The van der Waals surface area contributed by atoms with Crippen LogP contribution in [0.3, 0.4) is 0 Å². The molecule has 1 saturated heterocycles. The lowest BCUT2D eigenvalue weighted by molar-refractivity contribution is 0.0158. The Morgan fingerprint density at radius 3 is 2.68 bits per heavy atom. The van der Waals surface area contributed by atoms with Crippen LogP contribution >= 0.6 is 0 Å². The second-order valence-electron chi connectivity index (χ2n) is 5.79. The highest BCUT2D eigenvalue weighted by molar-refractivity contribution is 5.68. The molecule has 0 saturated carbocycles. The Labute approximate surface area is 114 Å². The van der Waals surface area contributed by atoms with E-state index in [1.807, 2.05) is 39.0 Å². The van der Waals surface area contributed by atoms with Gasteiger partial charge in [0.15, 0.2) is 0 Å². The van der Waals surface area contributed by atoms with E-state index in [2.05, 4.69) is 12.1 Å². The summed E-state index contributed by atoms with van der Waals surface area (Å²) in [6, 6.07) is 10.2. The first-order valence-corrected chi connectivity index (χ1v) is 6.57. The molecule has 19 heavy (non-hydrogen) atoms. The lowest BCUT2D eigenvalue weighted by Crippen LogP contribution is -2.41. The molecule has 0 aromatic heterocycles. The highest BCUT2D eigenvalue weighted by Crippen LogP contribution is 2.19. The Balaban J connectivity index is 1.99. The van der Waals surface area contributed by atoms with Crippen molar-refractivity contribution in [2.45, 2.75) is 38.8 Å². The fraction of sp³-hybridized carbons (Fsp3) is 0.533. The van der Waals surface area contributed by atoms with Gasteiger partial charge in [0, 0.05) is 0 Å². The summed E-state index contributed by atoms with van der Waals surface area (Å²) >= 11 is 0. The molecule has 1 aromatic carbocycles. The molecular weight excluding hydrogens is 242 g/mol. The summed E-state index contributed by atoms with van der Waals surface area (Å²) < 4.78 is 10.8. The third kappa shape index (κ3) is 3.96. The molecule has 0 aliphatic carbocycles. The normalized spacial score (nSPS) is 19.5. The zero-order chi connectivity index (χ0) is 13.9. The first-order chi connectivity index (χ1) is 8.96. The van der Waals surface area contributed by atoms with Gasteiger partial charge in [0.1, 0.15) is 12.3 Å². The van der Waals surface area contributed by atoms with Crippen LogP contribution in [0.4, 0.5) is 4.79 Å². The lowest BCUT2D eigenvalue weighted by Gasteiger charge is -2.27. The Morgan fingerprint density at radius 1 is 1.37 bits per heavy atom. The Bertz CT molecular complexity index is 425. The van der Waals surface area contributed by atoms with Gasteiger partial charge in [0.25, 0.3) is 0 Å². The molecular formula is C15H21NO3. The third-order valence-electron chi connectivity index (χ3n) is 2.92. The number of rotatable bonds is 2. The van der Waals surface area contributed by atoms with Gasteiger partial charge in [0.2, 0.25) is 0 Å². The SMILES string of the molecule is CC(C)(C)OC(=O)N1COC[C@@H]1Cc1ccccc1. The van der Waals surface area contributed by atoms with Crippen molar-refractivity contribution in [3.63, 3.8) is 0 Å². The molecule has 4 heteroatoms. The summed E-state index contributed by atoms with van der Waals surface area (Å²) in [5.74, 6) is 0. The number of amides is 1. The van der Waals surface area contributed by atoms with E-state index in [9.17, 15) is 4.79 Å². The van der Waals surface area contributed by atoms with Gasteiger partial charge in [-0.05, 0) is 32.8 Å². The van der Waals surface area contributed by atoms with Crippen molar-refractivity contribution in [3.05, 3.63) is 35.9 Å². The fourth-order valence-corrected chi connectivity index (χ4v) is 2.06. The van der Waals surface area contributed by atoms with E-state index in [-0.39, 0.29) is 12.1 Å². The van der Waals surface area contributed by atoms with Gasteiger partial charge in [-0.25, -0.2) is 4.79 Å². The van der Waals surface area contributed by atoms with E-state index < -0.39 is 5.60 Å². The van der Waals surface area contributed by atoms with Crippen LogP contribution in [0.25, 0.3) is 0 Å². The van der Waals surface area contributed by atoms with Crippen molar-refractivity contribution < 1.29 is 14.3 Å². The van der Waals surface area contributed by atoms with Crippen LogP contribution in [0.5, 0.6) is 0 Å². The number of carbonyl (C=O) groups is 1. The Kier molecular flexibility index (Phi) is 4.10. The van der Waals surface area contributed by atoms with E-state index in [4.69, 9.17) is 9.47 Å². The van der Waals surface area contributed by atoms with Crippen molar-refractivity contribution in [2.75, 3.05) is 13.3 Å². The summed E-state index contributed by atoms with van der Waals surface area (Å²) in [5.41, 5.74) is 0.725. The number of hydrogen-bond acceptors (Lipinski definition) is 3. The van der Waals surface area contributed by atoms with Crippen LogP contribution in [0.1, 0.15) is 26.3 Å².